The standard InChI is InChI=1S/C13H16N4O3S/c1-7-8(2)21-10(16-7)4-3-5-14-11(18)9-6-15-13(20)17-12(9)19/h6H,3-5H2,1-2H3,(H,14,18)(H2,15,17,19,20). The van der Waals surface area contributed by atoms with E-state index >= 15 is 0 Å². The lowest BCUT2D eigenvalue weighted by molar-refractivity contribution is 0.0951. The lowest BCUT2D eigenvalue weighted by atomic mass is 10.3. The molecule has 0 unspecified atom stereocenters. The highest BCUT2D eigenvalue weighted by molar-refractivity contribution is 7.11. The third-order valence-electron chi connectivity index (χ3n) is 2.99. The number of nitrogens with one attached hydrogen (secondary N) is 3. The summed E-state index contributed by atoms with van der Waals surface area (Å²) in [6.45, 7) is 4.44. The second-order valence-corrected chi connectivity index (χ2v) is 5.88. The van der Waals surface area contributed by atoms with Gasteiger partial charge in [0.2, 0.25) is 0 Å². The molecule has 7 nitrogen and oxygen atoms in total. The Balaban J connectivity index is 1.84. The molecule has 2 heterocycles. The summed E-state index contributed by atoms with van der Waals surface area (Å²) in [7, 11) is 0. The van der Waals surface area contributed by atoms with Crippen LogP contribution in [0.2, 0.25) is 0 Å². The van der Waals surface area contributed by atoms with Crippen LogP contribution in [-0.2, 0) is 6.42 Å². The SMILES string of the molecule is Cc1nc(CCCNC(=O)c2c[nH]c(=O)[nH]c2=O)sc1C. The van der Waals surface area contributed by atoms with Gasteiger partial charge in [0.1, 0.15) is 5.56 Å². The third-order valence-corrected chi connectivity index (χ3v) is 4.12. The maximum Gasteiger partial charge on any atom is 0.325 e. The molecule has 0 bridgehead atoms. The van der Waals surface area contributed by atoms with Crippen molar-refractivity contribution >= 4 is 17.2 Å². The van der Waals surface area contributed by atoms with Crippen molar-refractivity contribution in [1.82, 2.24) is 20.3 Å². The Bertz CT molecular complexity index is 740. The molecule has 8 heteroatoms. The minimum absolute atomic E-state index is 0.101. The summed E-state index contributed by atoms with van der Waals surface area (Å²) < 4.78 is 0. The van der Waals surface area contributed by atoms with E-state index in [1.165, 1.54) is 4.88 Å². The number of thiazole rings is 1. The molecule has 0 atom stereocenters. The van der Waals surface area contributed by atoms with Crippen LogP contribution < -0.4 is 16.6 Å². The maximum absolute atomic E-state index is 11.8. The molecule has 112 valence electrons. The van der Waals surface area contributed by atoms with Crippen LogP contribution in [0.1, 0.15) is 32.4 Å². The molecule has 0 saturated carbocycles. The molecule has 0 aliphatic rings. The molecule has 1 amide bonds. The van der Waals surface area contributed by atoms with Crippen molar-refractivity contribution in [2.75, 3.05) is 6.54 Å². The largest absolute Gasteiger partial charge is 0.352 e. The predicted octanol–water partition coefficient (Wildman–Crippen LogP) is 0.499. The van der Waals surface area contributed by atoms with Gasteiger partial charge in [0.15, 0.2) is 0 Å². The van der Waals surface area contributed by atoms with Gasteiger partial charge in [-0.3, -0.25) is 14.6 Å². The van der Waals surface area contributed by atoms with Crippen LogP contribution in [0.15, 0.2) is 15.8 Å². The van der Waals surface area contributed by atoms with Gasteiger partial charge in [-0.2, -0.15) is 0 Å². The van der Waals surface area contributed by atoms with E-state index in [4.69, 9.17) is 0 Å². The number of carbonyl (C=O) groups excluding carboxylic acids is 1. The van der Waals surface area contributed by atoms with Crippen LogP contribution in [0, 0.1) is 13.8 Å². The van der Waals surface area contributed by atoms with Crippen molar-refractivity contribution in [3.05, 3.63) is 48.2 Å². The fraction of sp³-hybridized carbons (Fsp3) is 0.385. The number of H-pyrrole nitrogens is 2. The van der Waals surface area contributed by atoms with Crippen molar-refractivity contribution in [3.8, 4) is 0 Å². The highest BCUT2D eigenvalue weighted by Gasteiger charge is 2.10. The number of nitrogens with zero attached hydrogens (tertiary/aromatic N) is 1. The zero-order valence-electron chi connectivity index (χ0n) is 11.8. The van der Waals surface area contributed by atoms with Crippen molar-refractivity contribution in [2.24, 2.45) is 0 Å². The molecule has 0 aromatic carbocycles. The highest BCUT2D eigenvalue weighted by Crippen LogP contribution is 2.17. The van der Waals surface area contributed by atoms with Gasteiger partial charge in [-0.15, -0.1) is 11.3 Å². The second kappa shape index (κ2) is 6.49. The Morgan fingerprint density at radius 1 is 1.38 bits per heavy atom. The molecule has 21 heavy (non-hydrogen) atoms. The van der Waals surface area contributed by atoms with E-state index in [1.807, 2.05) is 18.8 Å². The Morgan fingerprint density at radius 2 is 2.14 bits per heavy atom. The monoisotopic (exact) mass is 308 g/mol. The summed E-state index contributed by atoms with van der Waals surface area (Å²) >= 11 is 1.66. The van der Waals surface area contributed by atoms with Crippen LogP contribution >= 0.6 is 11.3 Å². The lowest BCUT2D eigenvalue weighted by Crippen LogP contribution is -2.33. The molecule has 0 fully saturated rings. The molecule has 0 aliphatic heterocycles. The van der Waals surface area contributed by atoms with E-state index in [-0.39, 0.29) is 5.56 Å². The van der Waals surface area contributed by atoms with E-state index in [0.29, 0.717) is 6.54 Å². The zero-order valence-corrected chi connectivity index (χ0v) is 12.6. The first-order valence-electron chi connectivity index (χ1n) is 6.50. The first-order valence-corrected chi connectivity index (χ1v) is 7.32. The first kappa shape index (κ1) is 15.2. The van der Waals surface area contributed by atoms with Crippen LogP contribution in [0.3, 0.4) is 0 Å². The molecule has 2 aromatic heterocycles. The number of aromatic amines is 2. The van der Waals surface area contributed by atoms with E-state index < -0.39 is 17.2 Å². The number of amides is 1. The quantitative estimate of drug-likeness (QED) is 0.699. The number of hydrogen-bond acceptors (Lipinski definition) is 5. The molecular formula is C13H16N4O3S. The Labute approximate surface area is 124 Å². The molecule has 0 aliphatic carbocycles. The van der Waals surface area contributed by atoms with E-state index in [0.717, 1.165) is 29.7 Å². The van der Waals surface area contributed by atoms with Gasteiger partial charge in [0.05, 0.1) is 10.7 Å². The van der Waals surface area contributed by atoms with Gasteiger partial charge in [-0.1, -0.05) is 0 Å². The first-order chi connectivity index (χ1) is 9.97. The van der Waals surface area contributed by atoms with Crippen molar-refractivity contribution in [1.29, 1.82) is 0 Å². The van der Waals surface area contributed by atoms with Gasteiger partial charge >= 0.3 is 5.69 Å². The van der Waals surface area contributed by atoms with E-state index in [9.17, 15) is 14.4 Å². The Morgan fingerprint density at radius 3 is 2.76 bits per heavy atom. The topological polar surface area (TPSA) is 108 Å². The number of rotatable bonds is 5. The summed E-state index contributed by atoms with van der Waals surface area (Å²) in [5, 5.41) is 3.69. The molecule has 0 saturated heterocycles. The zero-order chi connectivity index (χ0) is 15.4. The van der Waals surface area contributed by atoms with E-state index in [2.05, 4.69) is 15.3 Å². The van der Waals surface area contributed by atoms with Crippen molar-refractivity contribution in [2.45, 2.75) is 26.7 Å². The number of carbonyl (C=O) groups is 1. The van der Waals surface area contributed by atoms with Crippen LogP contribution in [0.5, 0.6) is 0 Å². The molecule has 2 aromatic rings. The van der Waals surface area contributed by atoms with Crippen LogP contribution in [-0.4, -0.2) is 27.4 Å². The Hall–Kier alpha value is -2.22. The molecular weight excluding hydrogens is 292 g/mol. The smallest absolute Gasteiger partial charge is 0.325 e. The number of aryl methyl sites for hydroxylation is 3. The average molecular weight is 308 g/mol. The van der Waals surface area contributed by atoms with Crippen LogP contribution in [0.4, 0.5) is 0 Å². The van der Waals surface area contributed by atoms with Gasteiger partial charge in [-0.05, 0) is 20.3 Å². The van der Waals surface area contributed by atoms with Crippen molar-refractivity contribution < 1.29 is 4.79 Å². The Kier molecular flexibility index (Phi) is 4.69. The molecule has 3 N–H and O–H groups in total. The third kappa shape index (κ3) is 3.88. The lowest BCUT2D eigenvalue weighted by Gasteiger charge is -2.03. The van der Waals surface area contributed by atoms with Gasteiger partial charge in [-0.25, -0.2) is 9.78 Å². The van der Waals surface area contributed by atoms with E-state index in [1.54, 1.807) is 11.3 Å². The van der Waals surface area contributed by atoms with Gasteiger partial charge in [0, 0.05) is 24.0 Å². The van der Waals surface area contributed by atoms with Crippen LogP contribution in [0.25, 0.3) is 0 Å². The summed E-state index contributed by atoms with van der Waals surface area (Å²) in [4.78, 5) is 44.0. The highest BCUT2D eigenvalue weighted by atomic mass is 32.1. The predicted molar refractivity (Wildman–Crippen MR) is 79.9 cm³/mol. The fourth-order valence-electron chi connectivity index (χ4n) is 1.76. The molecule has 2 rings (SSSR count). The summed E-state index contributed by atoms with van der Waals surface area (Å²) in [6.07, 6.45) is 2.63. The maximum atomic E-state index is 11.8. The molecule has 0 radical (unpaired) electrons. The van der Waals surface area contributed by atoms with Gasteiger partial charge in [0.25, 0.3) is 11.5 Å². The summed E-state index contributed by atoms with van der Waals surface area (Å²) in [5.41, 5.74) is -0.386. The number of hydrogen-bond donors (Lipinski definition) is 3. The second-order valence-electron chi connectivity index (χ2n) is 4.59. The van der Waals surface area contributed by atoms with Gasteiger partial charge < -0.3 is 10.3 Å². The molecule has 0 spiro atoms. The minimum Gasteiger partial charge on any atom is -0.352 e. The fourth-order valence-corrected chi connectivity index (χ4v) is 2.74. The summed E-state index contributed by atoms with van der Waals surface area (Å²) in [6, 6.07) is 0. The minimum atomic E-state index is -0.692. The van der Waals surface area contributed by atoms with Crippen molar-refractivity contribution in [3.63, 3.8) is 0 Å². The normalized spacial score (nSPS) is 10.6. The average Bonchev–Trinajstić information content (AvgIpc) is 2.73. The summed E-state index contributed by atoms with van der Waals surface area (Å²) in [5.74, 6) is -0.501. The number of aromatic nitrogens is 3.